The highest BCUT2D eigenvalue weighted by molar-refractivity contribution is 6.51. The summed E-state index contributed by atoms with van der Waals surface area (Å²) in [4.78, 5) is 49.2. The zero-order valence-corrected chi connectivity index (χ0v) is 35.1. The Kier molecular flexibility index (Phi) is 15.2. The molecule has 2 heterocycles. The van der Waals surface area contributed by atoms with E-state index < -0.39 is 29.3 Å². The monoisotopic (exact) mass is 848 g/mol. The minimum atomic E-state index is -1.11. The Morgan fingerprint density at radius 3 is 1.60 bits per heavy atom. The standard InChI is InChI=1S/C26H22FNO3.C18H20O2.C8H4FNO2/c1-2-3-14-31-21-11-8-18(9-12-21)17-4-6-19(7-5-17)25-16-23(26(29)30)22-15-20(27)10-13-24(22)28-25;1-3-4-13-20-18-11-9-17(10-12-18)16-7-5-15(6-8-16)14(2)19;9-4-1-2-6-5(3-4)7(11)8(12)10-6/h4-13,15-16H,2-3,14H2,1H3,(H,29,30);5-12H,3-4,13H2,1-2H3;1-3H,(H,10,11,12). The molecule has 9 nitrogen and oxygen atoms in total. The molecule has 0 unspecified atom stereocenters. The number of aromatic carboxylic acids is 1. The Morgan fingerprint density at radius 1 is 0.619 bits per heavy atom. The maximum Gasteiger partial charge on any atom is 0.336 e. The van der Waals surface area contributed by atoms with Crippen LogP contribution in [0.4, 0.5) is 14.5 Å². The van der Waals surface area contributed by atoms with Crippen molar-refractivity contribution in [2.75, 3.05) is 18.5 Å². The van der Waals surface area contributed by atoms with E-state index in [1.165, 1.54) is 36.4 Å². The van der Waals surface area contributed by atoms with E-state index in [0.29, 0.717) is 23.5 Å². The molecule has 0 fully saturated rings. The summed E-state index contributed by atoms with van der Waals surface area (Å²) in [6.07, 6.45) is 4.35. The number of rotatable bonds is 13. The molecule has 1 aliphatic heterocycles. The number of halogens is 2. The number of amides is 1. The fraction of sp³-hybridized carbons (Fsp3) is 0.173. The van der Waals surface area contributed by atoms with Crippen LogP contribution in [0.2, 0.25) is 0 Å². The number of hydrogen-bond acceptors (Lipinski definition) is 7. The van der Waals surface area contributed by atoms with Gasteiger partial charge in [-0.15, -0.1) is 0 Å². The van der Waals surface area contributed by atoms with Crippen molar-refractivity contribution in [2.45, 2.75) is 46.5 Å². The summed E-state index contributed by atoms with van der Waals surface area (Å²) in [6, 6.07) is 40.5. The summed E-state index contributed by atoms with van der Waals surface area (Å²) in [6.45, 7) is 7.35. The molecule has 1 amide bonds. The number of nitrogens with one attached hydrogen (secondary N) is 1. The third kappa shape index (κ3) is 11.9. The molecule has 11 heteroatoms. The van der Waals surface area contributed by atoms with Crippen LogP contribution in [-0.2, 0) is 4.79 Å². The van der Waals surface area contributed by atoms with Crippen molar-refractivity contribution in [3.63, 3.8) is 0 Å². The van der Waals surface area contributed by atoms with Crippen LogP contribution in [0.5, 0.6) is 11.5 Å². The average molecular weight is 849 g/mol. The minimum absolute atomic E-state index is 0.0299. The number of carboxylic acids is 1. The molecule has 0 radical (unpaired) electrons. The van der Waals surface area contributed by atoms with Crippen molar-refractivity contribution in [2.24, 2.45) is 0 Å². The van der Waals surface area contributed by atoms with Gasteiger partial charge in [0.2, 0.25) is 0 Å². The van der Waals surface area contributed by atoms with E-state index in [1.54, 1.807) is 6.92 Å². The molecule has 0 atom stereocenters. The van der Waals surface area contributed by atoms with Crippen molar-refractivity contribution in [3.05, 3.63) is 168 Å². The van der Waals surface area contributed by atoms with Gasteiger partial charge in [-0.1, -0.05) is 99.5 Å². The number of Topliss-reactive ketones (excluding diaryl/α,β-unsaturated/α-hetero) is 2. The lowest BCUT2D eigenvalue weighted by molar-refractivity contribution is -0.112. The number of carbonyl (C=O) groups excluding carboxylic acids is 3. The predicted molar refractivity (Wildman–Crippen MR) is 242 cm³/mol. The highest BCUT2D eigenvalue weighted by Crippen LogP contribution is 2.30. The number of unbranched alkanes of at least 4 members (excludes halogenated alkanes) is 2. The van der Waals surface area contributed by atoms with Crippen LogP contribution < -0.4 is 14.8 Å². The van der Waals surface area contributed by atoms with E-state index in [4.69, 9.17) is 9.47 Å². The van der Waals surface area contributed by atoms with Gasteiger partial charge < -0.3 is 19.9 Å². The van der Waals surface area contributed by atoms with Crippen molar-refractivity contribution in [1.29, 1.82) is 0 Å². The topological polar surface area (TPSA) is 132 Å². The maximum absolute atomic E-state index is 13.6. The molecule has 0 saturated carbocycles. The molecule has 8 rings (SSSR count). The fourth-order valence-electron chi connectivity index (χ4n) is 6.52. The second-order valence-electron chi connectivity index (χ2n) is 14.7. The SMILES string of the molecule is CCCCOc1ccc(-c2ccc(-c3cc(C(=O)O)c4cc(F)ccc4n3)cc2)cc1.CCCCOc1ccc(-c2ccc(C(C)=O)cc2)cc1.O=C1Nc2ccc(F)cc2C1=O. The smallest absolute Gasteiger partial charge is 0.336 e. The molecule has 2 N–H and O–H groups in total. The number of fused-ring (bicyclic) bond motifs is 2. The van der Waals surface area contributed by atoms with Gasteiger partial charge in [0.15, 0.2) is 5.78 Å². The van der Waals surface area contributed by atoms with E-state index in [2.05, 4.69) is 24.1 Å². The van der Waals surface area contributed by atoms with Crippen LogP contribution in [0.1, 0.15) is 77.5 Å². The number of aromatic nitrogens is 1. The summed E-state index contributed by atoms with van der Waals surface area (Å²) >= 11 is 0. The Labute approximate surface area is 364 Å². The Bertz CT molecular complexity index is 2720. The molecule has 0 aliphatic carbocycles. The summed E-state index contributed by atoms with van der Waals surface area (Å²) in [7, 11) is 0. The lowest BCUT2D eigenvalue weighted by Gasteiger charge is -2.09. The van der Waals surface area contributed by atoms with Crippen molar-refractivity contribution in [1.82, 2.24) is 4.98 Å². The number of anilines is 1. The molecule has 7 aromatic rings. The first-order valence-electron chi connectivity index (χ1n) is 20.6. The second-order valence-corrected chi connectivity index (χ2v) is 14.7. The van der Waals surface area contributed by atoms with Crippen LogP contribution in [-0.4, -0.2) is 46.7 Å². The molecule has 63 heavy (non-hydrogen) atoms. The van der Waals surface area contributed by atoms with E-state index in [1.807, 2.05) is 97.1 Å². The predicted octanol–water partition coefficient (Wildman–Crippen LogP) is 12.3. The number of carbonyl (C=O) groups is 4. The number of nitrogens with zero attached hydrogens (tertiary/aromatic N) is 1. The fourth-order valence-corrected chi connectivity index (χ4v) is 6.52. The highest BCUT2D eigenvalue weighted by atomic mass is 19.1. The summed E-state index contributed by atoms with van der Waals surface area (Å²) in [5.41, 5.74) is 7.35. The molecular weight excluding hydrogens is 803 g/mol. The molecule has 0 bridgehead atoms. The van der Waals surface area contributed by atoms with Gasteiger partial charge in [-0.25, -0.2) is 18.6 Å². The molecule has 0 spiro atoms. The van der Waals surface area contributed by atoms with Crippen molar-refractivity contribution >= 4 is 40.0 Å². The lowest BCUT2D eigenvalue weighted by Crippen LogP contribution is -2.12. The normalized spacial score (nSPS) is 11.4. The van der Waals surface area contributed by atoms with Crippen LogP contribution in [0.25, 0.3) is 44.4 Å². The Morgan fingerprint density at radius 2 is 1.10 bits per heavy atom. The molecule has 1 aliphatic rings. The third-order valence-electron chi connectivity index (χ3n) is 10.1. The van der Waals surface area contributed by atoms with Gasteiger partial charge in [0.1, 0.15) is 23.1 Å². The second kappa shape index (κ2) is 21.3. The van der Waals surface area contributed by atoms with Gasteiger partial charge in [0.25, 0.3) is 11.7 Å². The Hall–Kier alpha value is -7.53. The minimum Gasteiger partial charge on any atom is -0.494 e. The number of ketones is 2. The molecular formula is C52H46F2N2O7. The van der Waals surface area contributed by atoms with Gasteiger partial charge in [0, 0.05) is 16.5 Å². The first-order chi connectivity index (χ1) is 30.4. The third-order valence-corrected chi connectivity index (χ3v) is 10.1. The van der Waals surface area contributed by atoms with E-state index in [9.17, 15) is 33.1 Å². The maximum atomic E-state index is 13.6. The molecule has 320 valence electrons. The molecule has 1 aromatic heterocycles. The van der Waals surface area contributed by atoms with Gasteiger partial charge in [-0.2, -0.15) is 0 Å². The van der Waals surface area contributed by atoms with Crippen LogP contribution in [0, 0.1) is 11.6 Å². The van der Waals surface area contributed by atoms with E-state index in [-0.39, 0.29) is 22.3 Å². The van der Waals surface area contributed by atoms with Gasteiger partial charge in [-0.05, 0) is 109 Å². The van der Waals surface area contributed by atoms with E-state index in [0.717, 1.165) is 83.2 Å². The number of benzene rings is 6. The average Bonchev–Trinajstić information content (AvgIpc) is 3.58. The number of carboxylic acid groups (broad SMARTS) is 1. The molecule has 0 saturated heterocycles. The van der Waals surface area contributed by atoms with Crippen LogP contribution in [0.15, 0.2) is 140 Å². The lowest BCUT2D eigenvalue weighted by atomic mass is 10.0. The quantitative estimate of drug-likeness (QED) is 0.0666. The number of hydrogen-bond donors (Lipinski definition) is 2. The Balaban J connectivity index is 0.000000175. The summed E-state index contributed by atoms with van der Waals surface area (Å²) in [5.74, 6) is -1.64. The van der Waals surface area contributed by atoms with Crippen LogP contribution in [0.3, 0.4) is 0 Å². The summed E-state index contributed by atoms with van der Waals surface area (Å²) in [5, 5.41) is 12.2. The number of pyridine rings is 1. The van der Waals surface area contributed by atoms with Crippen molar-refractivity contribution < 1.29 is 42.5 Å². The summed E-state index contributed by atoms with van der Waals surface area (Å²) < 4.78 is 37.5. The highest BCUT2D eigenvalue weighted by Gasteiger charge is 2.27. The largest absolute Gasteiger partial charge is 0.494 e. The first-order valence-corrected chi connectivity index (χ1v) is 20.6. The number of ether oxygens (including phenoxy) is 2. The zero-order chi connectivity index (χ0) is 44.9. The van der Waals surface area contributed by atoms with Crippen LogP contribution >= 0.6 is 0 Å². The van der Waals surface area contributed by atoms with Gasteiger partial charge >= 0.3 is 5.97 Å². The van der Waals surface area contributed by atoms with Crippen molar-refractivity contribution in [3.8, 4) is 45.0 Å². The zero-order valence-electron chi connectivity index (χ0n) is 35.1. The first kappa shape index (κ1) is 45.0. The molecule has 6 aromatic carbocycles. The van der Waals surface area contributed by atoms with E-state index >= 15 is 0 Å². The van der Waals surface area contributed by atoms with Gasteiger partial charge in [0.05, 0.1) is 41.2 Å². The van der Waals surface area contributed by atoms with Gasteiger partial charge in [-0.3, -0.25) is 14.4 Å².